The van der Waals surface area contributed by atoms with Crippen molar-refractivity contribution in [3.63, 3.8) is 0 Å². The van der Waals surface area contributed by atoms with Crippen molar-refractivity contribution in [3.8, 4) is 5.88 Å². The second kappa shape index (κ2) is 10.5. The van der Waals surface area contributed by atoms with Gasteiger partial charge in [0.05, 0.1) is 25.9 Å². The van der Waals surface area contributed by atoms with E-state index in [-0.39, 0.29) is 11.4 Å². The second-order valence-corrected chi connectivity index (χ2v) is 7.58. The third kappa shape index (κ3) is 5.98. The molecule has 0 saturated carbocycles. The lowest BCUT2D eigenvalue weighted by Gasteiger charge is -2.29. The summed E-state index contributed by atoms with van der Waals surface area (Å²) in [7, 11) is 1.53. The number of hydrogen-bond donors (Lipinski definition) is 3. The molecular weight excluding hydrogens is 451 g/mol. The first-order chi connectivity index (χ1) is 16.1. The van der Waals surface area contributed by atoms with E-state index in [0.717, 1.165) is 23.9 Å². The SMILES string of the molecule is COc1ncc(C(/C=C(\N)NC(=O)c2cccc(C(F)(F)F)c2)=C(\C)N)cc1N1CCOCC1. The normalized spacial score (nSPS) is 15.6. The number of nitrogens with one attached hydrogen (secondary N) is 1. The number of halogens is 3. The van der Waals surface area contributed by atoms with Crippen molar-refractivity contribution < 1.29 is 27.4 Å². The summed E-state index contributed by atoms with van der Waals surface area (Å²) in [6.07, 6.45) is -1.57. The highest BCUT2D eigenvalue weighted by Crippen LogP contribution is 2.31. The molecule has 0 aliphatic carbocycles. The van der Waals surface area contributed by atoms with Gasteiger partial charge in [-0.3, -0.25) is 4.79 Å². The number of carbonyl (C=O) groups is 1. The summed E-state index contributed by atoms with van der Waals surface area (Å²) >= 11 is 0. The summed E-state index contributed by atoms with van der Waals surface area (Å²) in [5.74, 6) is -0.434. The van der Waals surface area contributed by atoms with Crippen molar-refractivity contribution in [2.75, 3.05) is 38.3 Å². The molecule has 0 atom stereocenters. The van der Waals surface area contributed by atoms with Crippen LogP contribution in [0.15, 0.2) is 54.1 Å². The Hall–Kier alpha value is -3.73. The van der Waals surface area contributed by atoms with E-state index in [1.54, 1.807) is 13.1 Å². The molecule has 2 heterocycles. The number of anilines is 1. The number of nitrogens with two attached hydrogens (primary N) is 2. The zero-order valence-corrected chi connectivity index (χ0v) is 18.8. The van der Waals surface area contributed by atoms with Crippen LogP contribution in [0.25, 0.3) is 5.57 Å². The number of allylic oxidation sites excluding steroid dienone is 3. The third-order valence-corrected chi connectivity index (χ3v) is 5.12. The van der Waals surface area contributed by atoms with Crippen LogP contribution in [0.4, 0.5) is 18.9 Å². The molecule has 1 aliphatic heterocycles. The molecule has 182 valence electrons. The molecule has 1 aromatic heterocycles. The van der Waals surface area contributed by atoms with Crippen LogP contribution in [0, 0.1) is 0 Å². The molecule has 1 aromatic carbocycles. The lowest BCUT2D eigenvalue weighted by Crippen LogP contribution is -2.36. The Morgan fingerprint density at radius 1 is 1.21 bits per heavy atom. The van der Waals surface area contributed by atoms with Crippen molar-refractivity contribution >= 4 is 17.2 Å². The van der Waals surface area contributed by atoms with Gasteiger partial charge in [0.2, 0.25) is 5.88 Å². The average molecular weight is 477 g/mol. The van der Waals surface area contributed by atoms with Gasteiger partial charge in [-0.1, -0.05) is 6.07 Å². The molecule has 0 spiro atoms. The zero-order chi connectivity index (χ0) is 24.9. The number of aromatic nitrogens is 1. The molecule has 3 rings (SSSR count). The van der Waals surface area contributed by atoms with Crippen LogP contribution < -0.4 is 26.4 Å². The number of nitrogens with zero attached hydrogens (tertiary/aromatic N) is 2. The Morgan fingerprint density at radius 3 is 2.53 bits per heavy atom. The fraction of sp³-hybridized carbons (Fsp3) is 0.304. The Kier molecular flexibility index (Phi) is 7.67. The lowest BCUT2D eigenvalue weighted by molar-refractivity contribution is -0.137. The number of amides is 1. The highest BCUT2D eigenvalue weighted by atomic mass is 19.4. The lowest BCUT2D eigenvalue weighted by atomic mass is 10.0. The van der Waals surface area contributed by atoms with Crippen molar-refractivity contribution in [2.24, 2.45) is 11.5 Å². The number of methoxy groups -OCH3 is 1. The van der Waals surface area contributed by atoms with Crippen molar-refractivity contribution in [1.29, 1.82) is 0 Å². The van der Waals surface area contributed by atoms with Gasteiger partial charge in [-0.15, -0.1) is 0 Å². The first-order valence-corrected chi connectivity index (χ1v) is 10.4. The number of morpholine rings is 1. The van der Waals surface area contributed by atoms with E-state index in [4.69, 9.17) is 20.9 Å². The molecule has 11 heteroatoms. The fourth-order valence-corrected chi connectivity index (χ4v) is 3.43. The first-order valence-electron chi connectivity index (χ1n) is 10.4. The Bertz CT molecular complexity index is 1110. The largest absolute Gasteiger partial charge is 0.480 e. The molecule has 0 bridgehead atoms. The van der Waals surface area contributed by atoms with E-state index in [9.17, 15) is 18.0 Å². The highest BCUT2D eigenvalue weighted by molar-refractivity contribution is 5.95. The molecule has 34 heavy (non-hydrogen) atoms. The molecule has 1 fully saturated rings. The number of pyridine rings is 1. The van der Waals surface area contributed by atoms with Gasteiger partial charge in [0.1, 0.15) is 11.5 Å². The van der Waals surface area contributed by atoms with Gasteiger partial charge in [0.25, 0.3) is 5.91 Å². The molecule has 2 aromatic rings. The van der Waals surface area contributed by atoms with Gasteiger partial charge in [-0.25, -0.2) is 4.98 Å². The smallest absolute Gasteiger partial charge is 0.416 e. The Morgan fingerprint density at radius 2 is 1.91 bits per heavy atom. The predicted molar refractivity (Wildman–Crippen MR) is 122 cm³/mol. The van der Waals surface area contributed by atoms with Gasteiger partial charge in [-0.2, -0.15) is 13.2 Å². The number of rotatable bonds is 6. The molecule has 1 amide bonds. The van der Waals surface area contributed by atoms with Gasteiger partial charge < -0.3 is 31.2 Å². The van der Waals surface area contributed by atoms with E-state index in [1.807, 2.05) is 6.07 Å². The number of hydrogen-bond acceptors (Lipinski definition) is 7. The van der Waals surface area contributed by atoms with E-state index in [0.29, 0.717) is 49.0 Å². The maximum atomic E-state index is 13.0. The van der Waals surface area contributed by atoms with E-state index >= 15 is 0 Å². The molecule has 5 N–H and O–H groups in total. The van der Waals surface area contributed by atoms with Crippen LogP contribution in [0.2, 0.25) is 0 Å². The minimum Gasteiger partial charge on any atom is -0.480 e. The maximum Gasteiger partial charge on any atom is 0.416 e. The Labute approximate surface area is 195 Å². The van der Waals surface area contributed by atoms with Crippen LogP contribution in [0.1, 0.15) is 28.4 Å². The van der Waals surface area contributed by atoms with Crippen molar-refractivity contribution in [1.82, 2.24) is 10.3 Å². The molecular formula is C23H26F3N5O3. The molecule has 0 radical (unpaired) electrons. The topological polar surface area (TPSA) is 116 Å². The van der Waals surface area contributed by atoms with Gasteiger partial charge >= 0.3 is 6.18 Å². The first kappa shape index (κ1) is 24.9. The quantitative estimate of drug-likeness (QED) is 0.548. The highest BCUT2D eigenvalue weighted by Gasteiger charge is 2.31. The van der Waals surface area contributed by atoms with E-state index in [1.165, 1.54) is 19.3 Å². The van der Waals surface area contributed by atoms with Gasteiger partial charge in [0.15, 0.2) is 0 Å². The van der Waals surface area contributed by atoms with Crippen molar-refractivity contribution in [3.05, 3.63) is 70.8 Å². The number of alkyl halides is 3. The molecule has 8 nitrogen and oxygen atoms in total. The van der Waals surface area contributed by atoms with Crippen LogP contribution in [-0.2, 0) is 10.9 Å². The summed E-state index contributed by atoms with van der Waals surface area (Å²) in [5, 5.41) is 2.40. The fourth-order valence-electron chi connectivity index (χ4n) is 3.43. The zero-order valence-electron chi connectivity index (χ0n) is 18.8. The van der Waals surface area contributed by atoms with Crippen molar-refractivity contribution in [2.45, 2.75) is 13.1 Å². The summed E-state index contributed by atoms with van der Waals surface area (Å²) in [5.41, 5.74) is 13.2. The van der Waals surface area contributed by atoms with Gasteiger partial charge in [0, 0.05) is 41.7 Å². The summed E-state index contributed by atoms with van der Waals surface area (Å²) in [6.45, 7) is 4.12. The van der Waals surface area contributed by atoms with E-state index in [2.05, 4.69) is 15.2 Å². The van der Waals surface area contributed by atoms with Crippen LogP contribution >= 0.6 is 0 Å². The minimum absolute atomic E-state index is 0.0917. The Balaban J connectivity index is 1.87. The van der Waals surface area contributed by atoms with Crippen LogP contribution in [0.5, 0.6) is 5.88 Å². The summed E-state index contributed by atoms with van der Waals surface area (Å²) in [6, 6.07) is 5.92. The van der Waals surface area contributed by atoms with Gasteiger partial charge in [-0.05, 0) is 37.3 Å². The number of benzene rings is 1. The molecule has 0 unspecified atom stereocenters. The minimum atomic E-state index is -4.57. The monoisotopic (exact) mass is 477 g/mol. The maximum absolute atomic E-state index is 13.0. The predicted octanol–water partition coefficient (Wildman–Crippen LogP) is 2.87. The standard InChI is InChI=1S/C23H26F3N5O3/c1-14(27)18(16-11-19(22(33-2)29-13-16)31-6-8-34-9-7-31)12-20(28)30-21(32)15-4-3-5-17(10-15)23(24,25)26/h3-5,10-13H,6-9,27-28H2,1-2H3,(H,30,32)/b18-14+,20-12+. The summed E-state index contributed by atoms with van der Waals surface area (Å²) in [4.78, 5) is 18.9. The van der Waals surface area contributed by atoms with Crippen LogP contribution in [-0.4, -0.2) is 44.3 Å². The molecule has 1 saturated heterocycles. The van der Waals surface area contributed by atoms with Crippen LogP contribution in [0.3, 0.4) is 0 Å². The average Bonchev–Trinajstić information content (AvgIpc) is 2.82. The number of carbonyl (C=O) groups excluding carboxylic acids is 1. The number of ether oxygens (including phenoxy) is 2. The third-order valence-electron chi connectivity index (χ3n) is 5.12. The van der Waals surface area contributed by atoms with E-state index < -0.39 is 17.6 Å². The second-order valence-electron chi connectivity index (χ2n) is 7.58. The summed E-state index contributed by atoms with van der Waals surface area (Å²) < 4.78 is 49.6. The molecule has 1 aliphatic rings.